The molecule has 0 saturated heterocycles. The lowest BCUT2D eigenvalue weighted by Crippen LogP contribution is -2.28. The number of rotatable bonds is 25. The van der Waals surface area contributed by atoms with Gasteiger partial charge in [-0.25, -0.2) is 0 Å². The fourth-order valence-corrected chi connectivity index (χ4v) is 11.0. The molecule has 10 heteroatoms. The first-order valence-electron chi connectivity index (χ1n) is 23.4. The van der Waals surface area contributed by atoms with Crippen LogP contribution < -0.4 is 4.90 Å². The van der Waals surface area contributed by atoms with Gasteiger partial charge in [-0.15, -0.1) is 0 Å². The molecule has 0 aliphatic carbocycles. The predicted molar refractivity (Wildman–Crippen MR) is 257 cm³/mol. The number of anilines is 1. The SMILES string of the molecule is CC1(C)C(/C=C/C=C2\N(CCCCCCCCCCC(=O)O)c3ccc4ccccc4c3C2(C)C)=[N+](CCCCCCCCCCC(=O)O)c2ccc3c(S(=O)(=O)O)cccc3c21. The van der Waals surface area contributed by atoms with E-state index in [-0.39, 0.29) is 23.2 Å². The number of carboxylic acid groups (broad SMARTS) is 2. The van der Waals surface area contributed by atoms with Gasteiger partial charge in [0.1, 0.15) is 11.4 Å². The Morgan fingerprint density at radius 2 is 1.19 bits per heavy atom. The second kappa shape index (κ2) is 21.3. The molecule has 2 heterocycles. The Labute approximate surface area is 375 Å². The van der Waals surface area contributed by atoms with E-state index in [1.807, 2.05) is 18.2 Å². The Bertz CT molecular complexity index is 2480. The minimum atomic E-state index is -4.43. The van der Waals surface area contributed by atoms with Gasteiger partial charge in [0.25, 0.3) is 10.1 Å². The number of carbonyl (C=O) groups is 2. The highest BCUT2D eigenvalue weighted by Gasteiger charge is 2.46. The van der Waals surface area contributed by atoms with Crippen molar-refractivity contribution in [2.75, 3.05) is 18.0 Å². The number of fused-ring (bicyclic) bond motifs is 6. The van der Waals surface area contributed by atoms with Gasteiger partial charge in [-0.1, -0.05) is 133 Å². The summed E-state index contributed by atoms with van der Waals surface area (Å²) in [5.41, 5.74) is 6.41. The van der Waals surface area contributed by atoms with Crippen LogP contribution in [0, 0.1) is 0 Å². The van der Waals surface area contributed by atoms with Crippen molar-refractivity contribution in [2.24, 2.45) is 0 Å². The van der Waals surface area contributed by atoms with E-state index < -0.39 is 27.5 Å². The van der Waals surface area contributed by atoms with Gasteiger partial charge in [0.15, 0.2) is 5.71 Å². The molecule has 63 heavy (non-hydrogen) atoms. The average molecular weight is 878 g/mol. The number of unbranched alkanes of at least 4 members (excludes halogenated alkanes) is 14. The van der Waals surface area contributed by atoms with E-state index in [9.17, 15) is 22.6 Å². The molecule has 0 amide bonds. The van der Waals surface area contributed by atoms with Gasteiger partial charge in [0.05, 0.1) is 5.41 Å². The highest BCUT2D eigenvalue weighted by Crippen LogP contribution is 2.51. The molecule has 0 aromatic heterocycles. The van der Waals surface area contributed by atoms with Crippen molar-refractivity contribution in [2.45, 2.75) is 159 Å². The summed E-state index contributed by atoms with van der Waals surface area (Å²) in [7, 11) is -4.43. The number of benzene rings is 4. The van der Waals surface area contributed by atoms with E-state index in [1.54, 1.807) is 6.07 Å². The first kappa shape index (κ1) is 47.7. The minimum Gasteiger partial charge on any atom is -0.481 e. The van der Waals surface area contributed by atoms with Crippen LogP contribution in [0.25, 0.3) is 21.5 Å². The molecule has 0 radical (unpaired) electrons. The van der Waals surface area contributed by atoms with E-state index in [1.165, 1.54) is 46.6 Å². The molecule has 3 N–H and O–H groups in total. The van der Waals surface area contributed by atoms with Crippen LogP contribution >= 0.6 is 0 Å². The minimum absolute atomic E-state index is 0.0783. The number of hydrogen-bond donors (Lipinski definition) is 3. The molecule has 0 unspecified atom stereocenters. The van der Waals surface area contributed by atoms with Gasteiger partial charge < -0.3 is 15.1 Å². The Kier molecular flexibility index (Phi) is 16.1. The normalized spacial score (nSPS) is 16.2. The molecule has 4 aromatic rings. The van der Waals surface area contributed by atoms with E-state index in [0.717, 1.165) is 125 Å². The average Bonchev–Trinajstić information content (AvgIpc) is 3.59. The maximum atomic E-state index is 12.5. The van der Waals surface area contributed by atoms with Gasteiger partial charge in [-0.05, 0) is 85.5 Å². The third-order valence-corrected chi connectivity index (χ3v) is 14.3. The molecule has 2 aliphatic heterocycles. The number of nitrogens with zero attached hydrogens (tertiary/aromatic N) is 2. The van der Waals surface area contributed by atoms with E-state index >= 15 is 0 Å². The van der Waals surface area contributed by atoms with Crippen molar-refractivity contribution in [1.29, 1.82) is 0 Å². The molecule has 2 aliphatic rings. The zero-order valence-electron chi connectivity index (χ0n) is 38.0. The maximum absolute atomic E-state index is 12.5. The van der Waals surface area contributed by atoms with Crippen LogP contribution in [0.4, 0.5) is 11.4 Å². The summed E-state index contributed by atoms with van der Waals surface area (Å²) in [4.78, 5) is 24.2. The summed E-state index contributed by atoms with van der Waals surface area (Å²) in [5, 5.41) is 21.7. The third kappa shape index (κ3) is 11.3. The smallest absolute Gasteiger partial charge is 0.303 e. The summed E-state index contributed by atoms with van der Waals surface area (Å²) in [6, 6.07) is 22.2. The van der Waals surface area contributed by atoms with Gasteiger partial charge >= 0.3 is 11.9 Å². The Hall–Kier alpha value is -4.80. The number of allylic oxidation sites excluding steroid dienone is 4. The summed E-state index contributed by atoms with van der Waals surface area (Å²) in [5.74, 6) is -1.43. The lowest BCUT2D eigenvalue weighted by atomic mass is 9.79. The fourth-order valence-electron chi connectivity index (χ4n) is 10.3. The summed E-state index contributed by atoms with van der Waals surface area (Å²) < 4.78 is 37.6. The zero-order valence-corrected chi connectivity index (χ0v) is 38.8. The first-order chi connectivity index (χ1) is 30.1. The van der Waals surface area contributed by atoms with Crippen LogP contribution in [0.1, 0.15) is 154 Å². The quantitative estimate of drug-likeness (QED) is 0.0340. The van der Waals surface area contributed by atoms with Crippen molar-refractivity contribution in [1.82, 2.24) is 0 Å². The molecular weight excluding hydrogens is 809 g/mol. The van der Waals surface area contributed by atoms with Crippen molar-refractivity contribution < 1.29 is 37.3 Å². The third-order valence-electron chi connectivity index (χ3n) is 13.4. The Balaban J connectivity index is 1.26. The molecule has 0 atom stereocenters. The number of aliphatic carboxylic acids is 2. The van der Waals surface area contributed by atoms with Crippen molar-refractivity contribution in [3.63, 3.8) is 0 Å². The highest BCUT2D eigenvalue weighted by molar-refractivity contribution is 7.86. The second-order valence-electron chi connectivity index (χ2n) is 18.8. The van der Waals surface area contributed by atoms with Crippen LogP contribution in [0.15, 0.2) is 95.6 Å². The first-order valence-corrected chi connectivity index (χ1v) is 24.9. The highest BCUT2D eigenvalue weighted by atomic mass is 32.2. The summed E-state index contributed by atoms with van der Waals surface area (Å²) >= 11 is 0. The lowest BCUT2D eigenvalue weighted by molar-refractivity contribution is -0.438. The number of carboxylic acids is 2. The summed E-state index contributed by atoms with van der Waals surface area (Å²) in [6.45, 7) is 10.8. The monoisotopic (exact) mass is 877 g/mol. The molecule has 0 bridgehead atoms. The molecule has 0 saturated carbocycles. The van der Waals surface area contributed by atoms with E-state index in [4.69, 9.17) is 10.2 Å². The van der Waals surface area contributed by atoms with Gasteiger partial charge in [0, 0.05) is 65.7 Å². The van der Waals surface area contributed by atoms with Crippen molar-refractivity contribution in [3.05, 3.63) is 102 Å². The summed E-state index contributed by atoms with van der Waals surface area (Å²) in [6.07, 6.45) is 24.0. The standard InChI is InChI=1S/C53H68N2O7S/c1-52(2)46(54(37-21-15-11-7-5-9-13-17-31-48(56)57)43-35-33-39-25-19-20-26-40(39)50(43)52)29-24-30-47-53(3,4)51-42-27-23-28-45(63(60,61)62)41(42)34-36-44(51)55(47)38-22-16-12-8-6-10-14-18-32-49(58)59/h19-20,23-30,33-36H,5-18,21-22,31-32,37-38H2,1-4H3,(H2-,56,57,58,59,60,61,62)/p+1. The fraction of sp³-hybridized carbons (Fsp3) is 0.491. The van der Waals surface area contributed by atoms with Crippen molar-refractivity contribution >= 4 is 60.7 Å². The lowest BCUT2D eigenvalue weighted by Gasteiger charge is -2.27. The largest absolute Gasteiger partial charge is 0.481 e. The van der Waals surface area contributed by atoms with Crippen LogP contribution in [0.3, 0.4) is 0 Å². The Morgan fingerprint density at radius 3 is 1.81 bits per heavy atom. The van der Waals surface area contributed by atoms with E-state index in [0.29, 0.717) is 5.39 Å². The molecule has 338 valence electrons. The predicted octanol–water partition coefficient (Wildman–Crippen LogP) is 13.0. The number of hydrogen-bond acceptors (Lipinski definition) is 5. The zero-order chi connectivity index (χ0) is 45.2. The molecule has 0 spiro atoms. The van der Waals surface area contributed by atoms with Crippen LogP contribution in [0.5, 0.6) is 0 Å². The topological polar surface area (TPSA) is 135 Å². The molecule has 0 fully saturated rings. The Morgan fingerprint density at radius 1 is 0.619 bits per heavy atom. The van der Waals surface area contributed by atoms with Gasteiger partial charge in [-0.3, -0.25) is 14.1 Å². The molecule has 6 rings (SSSR count). The van der Waals surface area contributed by atoms with Gasteiger partial charge in [0.2, 0.25) is 5.69 Å². The van der Waals surface area contributed by atoms with Gasteiger partial charge in [-0.2, -0.15) is 13.0 Å². The second-order valence-corrected chi connectivity index (χ2v) is 20.2. The molecule has 4 aromatic carbocycles. The van der Waals surface area contributed by atoms with Crippen LogP contribution in [-0.2, 0) is 30.5 Å². The maximum Gasteiger partial charge on any atom is 0.303 e. The molecular formula is C53H69N2O7S+. The van der Waals surface area contributed by atoms with E-state index in [2.05, 4.69) is 91.8 Å². The van der Waals surface area contributed by atoms with Crippen LogP contribution in [0.2, 0.25) is 0 Å². The van der Waals surface area contributed by atoms with Crippen LogP contribution in [-0.4, -0.2) is 58.5 Å². The van der Waals surface area contributed by atoms with Crippen molar-refractivity contribution in [3.8, 4) is 0 Å². The molecule has 9 nitrogen and oxygen atoms in total.